The van der Waals surface area contributed by atoms with Crippen molar-refractivity contribution >= 4 is 22.9 Å². The molecule has 0 saturated heterocycles. The van der Waals surface area contributed by atoms with Crippen LogP contribution in [-0.4, -0.2) is 24.6 Å². The van der Waals surface area contributed by atoms with Crippen LogP contribution in [0.1, 0.15) is 29.4 Å². The smallest absolute Gasteiger partial charge is 0.275 e. The van der Waals surface area contributed by atoms with Crippen molar-refractivity contribution in [3.8, 4) is 22.1 Å². The molecule has 1 heterocycles. The van der Waals surface area contributed by atoms with Crippen molar-refractivity contribution < 1.29 is 14.3 Å². The van der Waals surface area contributed by atoms with E-state index < -0.39 is 0 Å². The van der Waals surface area contributed by atoms with Gasteiger partial charge in [0.2, 0.25) is 0 Å². The lowest BCUT2D eigenvalue weighted by Gasteiger charge is -2.10. The molecule has 0 atom stereocenters. The molecule has 0 unspecified atom stereocenters. The molecule has 1 N–H and O–H groups in total. The molecule has 0 spiro atoms. The number of carbonyl (C=O) groups excluding carboxylic acids is 1. The number of carbonyl (C=O) groups is 1. The third-order valence-corrected chi connectivity index (χ3v) is 4.78. The Kier molecular flexibility index (Phi) is 6.08. The monoisotopic (exact) mass is 382 g/mol. The maximum Gasteiger partial charge on any atom is 0.275 e. The van der Waals surface area contributed by atoms with Gasteiger partial charge in [0.1, 0.15) is 10.7 Å². The van der Waals surface area contributed by atoms with Crippen molar-refractivity contribution in [3.05, 3.63) is 59.1 Å². The summed E-state index contributed by atoms with van der Waals surface area (Å²) in [6.45, 7) is 4.67. The van der Waals surface area contributed by atoms with E-state index in [2.05, 4.69) is 17.2 Å². The molecule has 6 heteroatoms. The Morgan fingerprint density at radius 1 is 1.19 bits per heavy atom. The van der Waals surface area contributed by atoms with Gasteiger partial charge in [-0.25, -0.2) is 4.98 Å². The van der Waals surface area contributed by atoms with Gasteiger partial charge in [0.15, 0.2) is 11.5 Å². The summed E-state index contributed by atoms with van der Waals surface area (Å²) in [4.78, 5) is 16.9. The Morgan fingerprint density at radius 3 is 2.78 bits per heavy atom. The van der Waals surface area contributed by atoms with Crippen LogP contribution < -0.4 is 14.8 Å². The summed E-state index contributed by atoms with van der Waals surface area (Å²) in [6.07, 6.45) is 0.927. The number of amides is 1. The Morgan fingerprint density at radius 2 is 2.04 bits per heavy atom. The largest absolute Gasteiger partial charge is 0.493 e. The first-order chi connectivity index (χ1) is 13.1. The summed E-state index contributed by atoms with van der Waals surface area (Å²) in [7, 11) is 1.61. The summed E-state index contributed by atoms with van der Waals surface area (Å²) in [5.74, 6) is 1.14. The molecule has 3 rings (SSSR count). The quantitative estimate of drug-likeness (QED) is 0.612. The lowest BCUT2D eigenvalue weighted by molar-refractivity contribution is 0.102. The second-order valence-electron chi connectivity index (χ2n) is 6.08. The van der Waals surface area contributed by atoms with E-state index in [1.807, 2.05) is 49.4 Å². The standard InChI is InChI=1S/C21H22N2O3S/c1-4-10-26-18-9-8-15(12-19(18)25-3)21-23-17(13-27-21)20(24)22-16-7-5-6-14(2)11-16/h5-9,11-13H,4,10H2,1-3H3,(H,22,24). The second-order valence-corrected chi connectivity index (χ2v) is 6.93. The Hall–Kier alpha value is -2.86. The van der Waals surface area contributed by atoms with Crippen molar-refractivity contribution in [2.24, 2.45) is 0 Å². The number of hydrogen-bond donors (Lipinski definition) is 1. The number of hydrogen-bond acceptors (Lipinski definition) is 5. The van der Waals surface area contributed by atoms with Gasteiger partial charge in [-0.05, 0) is 49.2 Å². The third-order valence-electron chi connectivity index (χ3n) is 3.89. The van der Waals surface area contributed by atoms with Crippen molar-refractivity contribution in [1.29, 1.82) is 0 Å². The van der Waals surface area contributed by atoms with E-state index in [1.165, 1.54) is 11.3 Å². The fraction of sp³-hybridized carbons (Fsp3) is 0.238. The van der Waals surface area contributed by atoms with Gasteiger partial charge in [-0.3, -0.25) is 4.79 Å². The van der Waals surface area contributed by atoms with E-state index in [0.29, 0.717) is 23.8 Å². The number of nitrogens with one attached hydrogen (secondary N) is 1. The molecule has 0 fully saturated rings. The van der Waals surface area contributed by atoms with Gasteiger partial charge < -0.3 is 14.8 Å². The van der Waals surface area contributed by atoms with Gasteiger partial charge in [0, 0.05) is 16.6 Å². The van der Waals surface area contributed by atoms with Crippen molar-refractivity contribution in [2.75, 3.05) is 19.0 Å². The highest BCUT2D eigenvalue weighted by Crippen LogP contribution is 2.34. The van der Waals surface area contributed by atoms with Crippen LogP contribution in [0.15, 0.2) is 47.8 Å². The lowest BCUT2D eigenvalue weighted by atomic mass is 10.2. The number of aromatic nitrogens is 1. The molecule has 140 valence electrons. The molecule has 5 nitrogen and oxygen atoms in total. The minimum Gasteiger partial charge on any atom is -0.493 e. The highest BCUT2D eigenvalue weighted by atomic mass is 32.1. The number of ether oxygens (including phenoxy) is 2. The average molecular weight is 382 g/mol. The molecular weight excluding hydrogens is 360 g/mol. The zero-order chi connectivity index (χ0) is 19.2. The van der Waals surface area contributed by atoms with Crippen LogP contribution in [0.2, 0.25) is 0 Å². The van der Waals surface area contributed by atoms with E-state index in [-0.39, 0.29) is 5.91 Å². The van der Waals surface area contributed by atoms with Crippen LogP contribution in [0.3, 0.4) is 0 Å². The van der Waals surface area contributed by atoms with Gasteiger partial charge in [0.05, 0.1) is 13.7 Å². The summed E-state index contributed by atoms with van der Waals surface area (Å²) in [5, 5.41) is 5.39. The Balaban J connectivity index is 1.77. The number of aryl methyl sites for hydroxylation is 1. The molecule has 2 aromatic carbocycles. The maximum absolute atomic E-state index is 12.5. The summed E-state index contributed by atoms with van der Waals surface area (Å²) in [5.41, 5.74) is 3.12. The number of nitrogens with zero attached hydrogens (tertiary/aromatic N) is 1. The highest BCUT2D eigenvalue weighted by molar-refractivity contribution is 7.13. The zero-order valence-corrected chi connectivity index (χ0v) is 16.4. The van der Waals surface area contributed by atoms with Gasteiger partial charge in [-0.2, -0.15) is 0 Å². The molecule has 3 aromatic rings. The first kappa shape index (κ1) is 18.9. The zero-order valence-electron chi connectivity index (χ0n) is 15.6. The second kappa shape index (κ2) is 8.68. The van der Waals surface area contributed by atoms with Crippen LogP contribution in [-0.2, 0) is 0 Å². The van der Waals surface area contributed by atoms with Crippen LogP contribution in [0.25, 0.3) is 10.6 Å². The number of thiazole rings is 1. The van der Waals surface area contributed by atoms with Crippen LogP contribution in [0.5, 0.6) is 11.5 Å². The number of methoxy groups -OCH3 is 1. The third kappa shape index (κ3) is 4.65. The van der Waals surface area contributed by atoms with Crippen LogP contribution >= 0.6 is 11.3 Å². The van der Waals surface area contributed by atoms with Gasteiger partial charge >= 0.3 is 0 Å². The Labute approximate surface area is 163 Å². The van der Waals surface area contributed by atoms with E-state index in [0.717, 1.165) is 28.2 Å². The molecule has 0 radical (unpaired) electrons. The highest BCUT2D eigenvalue weighted by Gasteiger charge is 2.14. The molecule has 27 heavy (non-hydrogen) atoms. The number of rotatable bonds is 7. The fourth-order valence-corrected chi connectivity index (χ4v) is 3.36. The van der Waals surface area contributed by atoms with E-state index >= 15 is 0 Å². The molecule has 1 amide bonds. The summed E-state index contributed by atoms with van der Waals surface area (Å²) in [6, 6.07) is 13.4. The van der Waals surface area contributed by atoms with Gasteiger partial charge in [-0.15, -0.1) is 11.3 Å². The van der Waals surface area contributed by atoms with Crippen molar-refractivity contribution in [1.82, 2.24) is 4.98 Å². The molecule has 0 aliphatic heterocycles. The van der Waals surface area contributed by atoms with Crippen LogP contribution in [0, 0.1) is 6.92 Å². The molecule has 0 bridgehead atoms. The van der Waals surface area contributed by atoms with E-state index in [1.54, 1.807) is 12.5 Å². The fourth-order valence-electron chi connectivity index (χ4n) is 2.56. The molecule has 0 aliphatic rings. The first-order valence-corrected chi connectivity index (χ1v) is 9.63. The number of benzene rings is 2. The maximum atomic E-state index is 12.5. The molecule has 0 aliphatic carbocycles. The topological polar surface area (TPSA) is 60.5 Å². The van der Waals surface area contributed by atoms with E-state index in [9.17, 15) is 4.79 Å². The predicted octanol–water partition coefficient (Wildman–Crippen LogP) is 5.17. The summed E-state index contributed by atoms with van der Waals surface area (Å²) >= 11 is 1.42. The normalized spacial score (nSPS) is 10.5. The molecular formula is C21H22N2O3S. The lowest BCUT2D eigenvalue weighted by Crippen LogP contribution is -2.12. The first-order valence-electron chi connectivity index (χ1n) is 8.75. The minimum absolute atomic E-state index is 0.224. The SMILES string of the molecule is CCCOc1ccc(-c2nc(C(=O)Nc3cccc(C)c3)cs2)cc1OC. The minimum atomic E-state index is -0.224. The van der Waals surface area contributed by atoms with Gasteiger partial charge in [0.25, 0.3) is 5.91 Å². The van der Waals surface area contributed by atoms with Crippen molar-refractivity contribution in [2.45, 2.75) is 20.3 Å². The number of anilines is 1. The molecule has 0 saturated carbocycles. The average Bonchev–Trinajstić information content (AvgIpc) is 3.16. The predicted molar refractivity (Wildman–Crippen MR) is 109 cm³/mol. The van der Waals surface area contributed by atoms with Gasteiger partial charge in [-0.1, -0.05) is 19.1 Å². The van der Waals surface area contributed by atoms with Crippen molar-refractivity contribution in [3.63, 3.8) is 0 Å². The Bertz CT molecular complexity index is 937. The van der Waals surface area contributed by atoms with E-state index in [4.69, 9.17) is 9.47 Å². The summed E-state index contributed by atoms with van der Waals surface area (Å²) < 4.78 is 11.1. The van der Waals surface area contributed by atoms with Crippen LogP contribution in [0.4, 0.5) is 5.69 Å². The molecule has 1 aromatic heterocycles.